The van der Waals surface area contributed by atoms with Crippen LogP contribution in [0.5, 0.6) is 0 Å². The SMILES string of the molecule is CC(C)(C)c1ccc2nnc(C3CCN(Cc4ncon4)CC3)n2n1. The molecule has 3 aromatic rings. The Morgan fingerprint density at radius 1 is 1.16 bits per heavy atom. The predicted octanol–water partition coefficient (Wildman–Crippen LogP) is 2.18. The van der Waals surface area contributed by atoms with Gasteiger partial charge in [-0.1, -0.05) is 25.9 Å². The Hall–Kier alpha value is -2.35. The summed E-state index contributed by atoms with van der Waals surface area (Å²) >= 11 is 0. The molecule has 0 bridgehead atoms. The van der Waals surface area contributed by atoms with Gasteiger partial charge < -0.3 is 4.52 Å². The van der Waals surface area contributed by atoms with Crippen LogP contribution in [-0.4, -0.2) is 47.9 Å². The van der Waals surface area contributed by atoms with Gasteiger partial charge in [0, 0.05) is 11.3 Å². The third kappa shape index (κ3) is 3.26. The van der Waals surface area contributed by atoms with Gasteiger partial charge in [0.05, 0.1) is 12.2 Å². The van der Waals surface area contributed by atoms with Crippen molar-refractivity contribution in [3.8, 4) is 0 Å². The van der Waals surface area contributed by atoms with Crippen LogP contribution >= 0.6 is 0 Å². The minimum Gasteiger partial charge on any atom is -0.343 e. The first kappa shape index (κ1) is 16.1. The van der Waals surface area contributed by atoms with Crippen LogP contribution in [-0.2, 0) is 12.0 Å². The van der Waals surface area contributed by atoms with E-state index >= 15 is 0 Å². The molecule has 4 rings (SSSR count). The summed E-state index contributed by atoms with van der Waals surface area (Å²) in [5.74, 6) is 2.09. The second-order valence-corrected chi connectivity index (χ2v) is 7.69. The predicted molar refractivity (Wildman–Crippen MR) is 91.0 cm³/mol. The van der Waals surface area contributed by atoms with Gasteiger partial charge in [0.25, 0.3) is 0 Å². The van der Waals surface area contributed by atoms with E-state index in [2.05, 4.69) is 46.0 Å². The zero-order valence-electron chi connectivity index (χ0n) is 14.9. The molecule has 0 spiro atoms. The summed E-state index contributed by atoms with van der Waals surface area (Å²) in [7, 11) is 0. The third-order valence-corrected chi connectivity index (χ3v) is 4.78. The lowest BCUT2D eigenvalue weighted by molar-refractivity contribution is 0.194. The van der Waals surface area contributed by atoms with E-state index in [1.807, 2.05) is 16.6 Å². The monoisotopic (exact) mass is 341 g/mol. The molecule has 1 fully saturated rings. The molecule has 8 nitrogen and oxygen atoms in total. The maximum absolute atomic E-state index is 4.81. The highest BCUT2D eigenvalue weighted by molar-refractivity contribution is 5.37. The summed E-state index contributed by atoms with van der Waals surface area (Å²) in [5.41, 5.74) is 1.87. The van der Waals surface area contributed by atoms with Crippen molar-refractivity contribution >= 4 is 5.65 Å². The summed E-state index contributed by atoms with van der Waals surface area (Å²) in [4.78, 5) is 6.44. The van der Waals surface area contributed by atoms with Crippen LogP contribution in [0.4, 0.5) is 0 Å². The molecule has 0 amide bonds. The molecule has 0 radical (unpaired) electrons. The molecule has 0 aliphatic carbocycles. The number of nitrogens with zero attached hydrogens (tertiary/aromatic N) is 7. The average molecular weight is 341 g/mol. The van der Waals surface area contributed by atoms with Crippen LogP contribution in [0.2, 0.25) is 0 Å². The van der Waals surface area contributed by atoms with Crippen LogP contribution < -0.4 is 0 Å². The summed E-state index contributed by atoms with van der Waals surface area (Å²) < 4.78 is 6.74. The molecule has 132 valence electrons. The van der Waals surface area contributed by atoms with Crippen LogP contribution in [0, 0.1) is 0 Å². The fourth-order valence-corrected chi connectivity index (χ4v) is 3.27. The number of hydrogen-bond donors (Lipinski definition) is 0. The molecule has 1 saturated heterocycles. The van der Waals surface area contributed by atoms with Crippen LogP contribution in [0.15, 0.2) is 23.0 Å². The van der Waals surface area contributed by atoms with E-state index in [0.717, 1.165) is 55.5 Å². The first-order valence-corrected chi connectivity index (χ1v) is 8.71. The van der Waals surface area contributed by atoms with E-state index in [4.69, 9.17) is 9.62 Å². The fraction of sp³-hybridized carbons (Fsp3) is 0.588. The number of aromatic nitrogens is 6. The number of piperidine rings is 1. The molecule has 25 heavy (non-hydrogen) atoms. The highest BCUT2D eigenvalue weighted by atomic mass is 16.5. The topological polar surface area (TPSA) is 85.2 Å². The van der Waals surface area contributed by atoms with Gasteiger partial charge in [-0.05, 0) is 38.1 Å². The summed E-state index contributed by atoms with van der Waals surface area (Å²) in [5, 5.41) is 17.4. The lowest BCUT2D eigenvalue weighted by Gasteiger charge is -2.30. The Bertz CT molecular complexity index is 842. The van der Waals surface area contributed by atoms with Crippen LogP contribution in [0.25, 0.3) is 5.65 Å². The van der Waals surface area contributed by atoms with Crippen molar-refractivity contribution in [1.29, 1.82) is 0 Å². The zero-order valence-corrected chi connectivity index (χ0v) is 14.9. The number of fused-ring (bicyclic) bond motifs is 1. The number of hydrogen-bond acceptors (Lipinski definition) is 7. The van der Waals surface area contributed by atoms with Gasteiger partial charge in [0.2, 0.25) is 6.39 Å². The molecule has 3 aromatic heterocycles. The highest BCUT2D eigenvalue weighted by Crippen LogP contribution is 2.28. The van der Waals surface area contributed by atoms with E-state index < -0.39 is 0 Å². The standard InChI is InChI=1S/C17H23N7O/c1-17(2,3)13-4-5-15-19-20-16(24(15)21-13)12-6-8-23(9-7-12)10-14-18-11-25-22-14/h4-5,11-12H,6-10H2,1-3H3. The van der Waals surface area contributed by atoms with E-state index in [1.54, 1.807) is 0 Å². The second kappa shape index (κ2) is 6.18. The lowest BCUT2D eigenvalue weighted by Crippen LogP contribution is -2.33. The van der Waals surface area contributed by atoms with Crippen molar-refractivity contribution in [2.45, 2.75) is 51.5 Å². The minimum atomic E-state index is 0.00366. The van der Waals surface area contributed by atoms with Crippen molar-refractivity contribution in [1.82, 2.24) is 34.9 Å². The molecule has 1 aliphatic rings. The molecular formula is C17H23N7O. The zero-order chi connectivity index (χ0) is 17.4. The normalized spacial score (nSPS) is 17.4. The molecule has 0 atom stereocenters. The van der Waals surface area contributed by atoms with Crippen molar-refractivity contribution in [2.24, 2.45) is 0 Å². The summed E-state index contributed by atoms with van der Waals surface area (Å²) in [6.07, 6.45) is 3.43. The number of likely N-dealkylation sites (tertiary alicyclic amines) is 1. The Labute approximate surface area is 146 Å². The quantitative estimate of drug-likeness (QED) is 0.722. The van der Waals surface area contributed by atoms with Crippen molar-refractivity contribution < 1.29 is 4.52 Å². The Balaban J connectivity index is 1.51. The Morgan fingerprint density at radius 3 is 2.64 bits per heavy atom. The minimum absolute atomic E-state index is 0.00366. The smallest absolute Gasteiger partial charge is 0.213 e. The highest BCUT2D eigenvalue weighted by Gasteiger charge is 2.26. The molecule has 8 heteroatoms. The molecule has 1 aliphatic heterocycles. The second-order valence-electron chi connectivity index (χ2n) is 7.69. The van der Waals surface area contributed by atoms with Gasteiger partial charge in [-0.25, -0.2) is 0 Å². The van der Waals surface area contributed by atoms with Gasteiger partial charge in [-0.3, -0.25) is 4.90 Å². The van der Waals surface area contributed by atoms with E-state index in [1.165, 1.54) is 6.39 Å². The van der Waals surface area contributed by atoms with E-state index in [0.29, 0.717) is 5.92 Å². The molecule has 0 aromatic carbocycles. The van der Waals surface area contributed by atoms with Gasteiger partial charge in [-0.2, -0.15) is 14.6 Å². The van der Waals surface area contributed by atoms with Crippen LogP contribution in [0.3, 0.4) is 0 Å². The Morgan fingerprint density at radius 2 is 1.96 bits per heavy atom. The molecule has 0 unspecified atom stereocenters. The van der Waals surface area contributed by atoms with Gasteiger partial charge >= 0.3 is 0 Å². The van der Waals surface area contributed by atoms with Gasteiger partial charge in [-0.15, -0.1) is 10.2 Å². The molecular weight excluding hydrogens is 318 g/mol. The largest absolute Gasteiger partial charge is 0.343 e. The molecule has 4 heterocycles. The first-order chi connectivity index (χ1) is 12.0. The van der Waals surface area contributed by atoms with E-state index in [9.17, 15) is 0 Å². The van der Waals surface area contributed by atoms with Gasteiger partial charge in [0.1, 0.15) is 0 Å². The molecule has 0 saturated carbocycles. The van der Waals surface area contributed by atoms with E-state index in [-0.39, 0.29) is 5.41 Å². The van der Waals surface area contributed by atoms with Gasteiger partial charge in [0.15, 0.2) is 17.3 Å². The van der Waals surface area contributed by atoms with Crippen molar-refractivity contribution in [3.63, 3.8) is 0 Å². The summed E-state index contributed by atoms with van der Waals surface area (Å²) in [6.45, 7) is 9.20. The average Bonchev–Trinajstić information content (AvgIpc) is 3.23. The number of rotatable bonds is 3. The fourth-order valence-electron chi connectivity index (χ4n) is 3.27. The van der Waals surface area contributed by atoms with Crippen LogP contribution in [0.1, 0.15) is 56.9 Å². The molecule has 0 N–H and O–H groups in total. The third-order valence-electron chi connectivity index (χ3n) is 4.78. The Kier molecular flexibility index (Phi) is 3.99. The lowest BCUT2D eigenvalue weighted by atomic mass is 9.92. The summed E-state index contributed by atoms with van der Waals surface area (Å²) in [6, 6.07) is 4.05. The first-order valence-electron chi connectivity index (χ1n) is 8.71. The van der Waals surface area contributed by atoms with Crippen molar-refractivity contribution in [2.75, 3.05) is 13.1 Å². The maximum atomic E-state index is 4.81. The van der Waals surface area contributed by atoms with Crippen molar-refractivity contribution in [3.05, 3.63) is 35.9 Å². The maximum Gasteiger partial charge on any atom is 0.213 e.